The molecule has 140 valence electrons. The lowest BCUT2D eigenvalue weighted by Gasteiger charge is -2.30. The molecule has 1 aliphatic heterocycles. The van der Waals surface area contributed by atoms with E-state index in [0.717, 1.165) is 17.0 Å². The summed E-state index contributed by atoms with van der Waals surface area (Å²) in [6.07, 6.45) is 0. The van der Waals surface area contributed by atoms with Crippen molar-refractivity contribution in [3.05, 3.63) is 39.4 Å². The summed E-state index contributed by atoms with van der Waals surface area (Å²) in [5.74, 6) is -0.688. The third-order valence-corrected chi connectivity index (χ3v) is 4.61. The van der Waals surface area contributed by atoms with E-state index in [1.54, 1.807) is 17.9 Å². The molecular weight excluding hydrogens is 409 g/mol. The molecule has 7 nitrogen and oxygen atoms in total. The number of benzene rings is 1. The Bertz CT molecular complexity index is 840. The number of ether oxygens (including phenoxy) is 3. The van der Waals surface area contributed by atoms with Crippen molar-refractivity contribution in [3.8, 4) is 5.75 Å². The minimum Gasteiger partial charge on any atom is -0.478 e. The molecule has 26 heavy (non-hydrogen) atoms. The second-order valence-corrected chi connectivity index (χ2v) is 6.81. The second kappa shape index (κ2) is 7.73. The fourth-order valence-corrected chi connectivity index (χ4v) is 3.34. The van der Waals surface area contributed by atoms with E-state index in [2.05, 4.69) is 21.0 Å². The highest BCUT2D eigenvalue weighted by Crippen LogP contribution is 2.38. The predicted octanol–water partition coefficient (Wildman–Crippen LogP) is 2.68. The Morgan fingerprint density at radius 3 is 2.92 bits per heavy atom. The molecule has 0 saturated heterocycles. The van der Waals surface area contributed by atoms with Crippen molar-refractivity contribution in [2.75, 3.05) is 25.4 Å². The van der Waals surface area contributed by atoms with Gasteiger partial charge in [-0.25, -0.2) is 4.39 Å². The quantitative estimate of drug-likeness (QED) is 0.523. The van der Waals surface area contributed by atoms with Crippen LogP contribution in [0.2, 0.25) is 0 Å². The van der Waals surface area contributed by atoms with E-state index in [9.17, 15) is 9.18 Å². The number of methoxy groups -OCH3 is 1. The molecule has 3 rings (SSSR count). The van der Waals surface area contributed by atoms with Crippen molar-refractivity contribution in [2.45, 2.75) is 20.1 Å². The van der Waals surface area contributed by atoms with E-state index in [1.807, 2.05) is 14.0 Å². The van der Waals surface area contributed by atoms with Gasteiger partial charge in [-0.1, -0.05) is 15.9 Å². The number of hydrogen-bond donors (Lipinski definition) is 0. The van der Waals surface area contributed by atoms with Crippen LogP contribution in [0.4, 0.5) is 10.1 Å². The van der Waals surface area contributed by atoms with E-state index < -0.39 is 5.82 Å². The summed E-state index contributed by atoms with van der Waals surface area (Å²) in [5, 5.41) is 4.41. The normalized spacial score (nSPS) is 13.7. The number of aromatic nitrogens is 2. The van der Waals surface area contributed by atoms with Gasteiger partial charge in [-0.2, -0.15) is 5.10 Å². The number of amides is 1. The van der Waals surface area contributed by atoms with Crippen molar-refractivity contribution in [3.63, 3.8) is 0 Å². The number of halogens is 2. The van der Waals surface area contributed by atoms with E-state index in [-0.39, 0.29) is 31.6 Å². The minimum atomic E-state index is -0.515. The highest BCUT2D eigenvalue weighted by Gasteiger charge is 2.30. The SMILES string of the molecule is COCOCc1c(CN2C(=O)COc3c(F)cc(Br)cc32)c(C)nn1C. The number of nitrogens with zero attached hydrogens (tertiary/aromatic N) is 3. The molecule has 0 radical (unpaired) electrons. The van der Waals surface area contributed by atoms with Crippen molar-refractivity contribution in [1.29, 1.82) is 0 Å². The van der Waals surface area contributed by atoms with Crippen LogP contribution in [0.25, 0.3) is 0 Å². The summed E-state index contributed by atoms with van der Waals surface area (Å²) in [7, 11) is 3.36. The maximum atomic E-state index is 14.2. The van der Waals surface area contributed by atoms with Crippen molar-refractivity contribution in [2.24, 2.45) is 7.05 Å². The molecule has 2 aromatic rings. The van der Waals surface area contributed by atoms with Gasteiger partial charge in [0, 0.05) is 24.2 Å². The van der Waals surface area contributed by atoms with Crippen molar-refractivity contribution in [1.82, 2.24) is 9.78 Å². The van der Waals surface area contributed by atoms with Crippen LogP contribution in [-0.4, -0.2) is 36.2 Å². The van der Waals surface area contributed by atoms with Gasteiger partial charge in [-0.3, -0.25) is 9.48 Å². The topological polar surface area (TPSA) is 65.8 Å². The number of carbonyl (C=O) groups excluding carboxylic acids is 1. The van der Waals surface area contributed by atoms with E-state index in [0.29, 0.717) is 16.8 Å². The Hall–Kier alpha value is -1.97. The Balaban J connectivity index is 1.96. The van der Waals surface area contributed by atoms with Gasteiger partial charge in [0.1, 0.15) is 6.79 Å². The Labute approximate surface area is 158 Å². The Morgan fingerprint density at radius 2 is 2.19 bits per heavy atom. The van der Waals surface area contributed by atoms with E-state index in [4.69, 9.17) is 14.2 Å². The standard InChI is InChI=1S/C17H19BrFN3O4/c1-10-12(15(21(2)20-10)7-25-9-24-3)6-22-14-5-11(18)4-13(19)17(14)26-8-16(22)23/h4-5H,6-9H2,1-3H3. The number of aryl methyl sites for hydroxylation is 2. The Kier molecular flexibility index (Phi) is 5.59. The lowest BCUT2D eigenvalue weighted by molar-refractivity contribution is -0.121. The smallest absolute Gasteiger partial charge is 0.265 e. The van der Waals surface area contributed by atoms with Crippen LogP contribution in [0.15, 0.2) is 16.6 Å². The summed E-state index contributed by atoms with van der Waals surface area (Å²) in [6.45, 7) is 2.35. The zero-order valence-corrected chi connectivity index (χ0v) is 16.3. The molecule has 0 spiro atoms. The van der Waals surface area contributed by atoms with Gasteiger partial charge >= 0.3 is 0 Å². The maximum Gasteiger partial charge on any atom is 0.265 e. The number of carbonyl (C=O) groups is 1. The van der Waals surface area contributed by atoms with Crippen LogP contribution in [0, 0.1) is 12.7 Å². The van der Waals surface area contributed by atoms with Gasteiger partial charge in [0.2, 0.25) is 0 Å². The van der Waals surface area contributed by atoms with Crippen LogP contribution in [-0.2, 0) is 34.5 Å². The number of rotatable bonds is 6. The van der Waals surface area contributed by atoms with Gasteiger partial charge in [-0.15, -0.1) is 0 Å². The molecule has 0 atom stereocenters. The monoisotopic (exact) mass is 427 g/mol. The van der Waals surface area contributed by atoms with Gasteiger partial charge in [0.25, 0.3) is 5.91 Å². The molecule has 0 fully saturated rings. The lowest BCUT2D eigenvalue weighted by atomic mass is 10.1. The van der Waals surface area contributed by atoms with Crippen molar-refractivity contribution < 1.29 is 23.4 Å². The second-order valence-electron chi connectivity index (χ2n) is 5.89. The molecule has 2 heterocycles. The van der Waals surface area contributed by atoms with E-state index in [1.165, 1.54) is 11.0 Å². The first-order valence-electron chi connectivity index (χ1n) is 7.92. The molecule has 1 aromatic heterocycles. The molecule has 9 heteroatoms. The number of hydrogen-bond acceptors (Lipinski definition) is 5. The first-order chi connectivity index (χ1) is 12.4. The average molecular weight is 428 g/mol. The third-order valence-electron chi connectivity index (χ3n) is 4.15. The third kappa shape index (κ3) is 3.60. The molecule has 1 aliphatic rings. The molecule has 1 amide bonds. The molecule has 1 aromatic carbocycles. The largest absolute Gasteiger partial charge is 0.478 e. The fraction of sp³-hybridized carbons (Fsp3) is 0.412. The highest BCUT2D eigenvalue weighted by molar-refractivity contribution is 9.10. The molecular formula is C17H19BrFN3O4. The zero-order valence-electron chi connectivity index (χ0n) is 14.7. The van der Waals surface area contributed by atoms with Crippen LogP contribution >= 0.6 is 15.9 Å². The highest BCUT2D eigenvalue weighted by atomic mass is 79.9. The first kappa shape index (κ1) is 18.8. The Morgan fingerprint density at radius 1 is 1.42 bits per heavy atom. The number of anilines is 1. The number of fused-ring (bicyclic) bond motifs is 1. The average Bonchev–Trinajstić information content (AvgIpc) is 2.84. The van der Waals surface area contributed by atoms with Crippen LogP contribution in [0.1, 0.15) is 17.0 Å². The van der Waals surface area contributed by atoms with Crippen LogP contribution < -0.4 is 9.64 Å². The van der Waals surface area contributed by atoms with Crippen LogP contribution in [0.5, 0.6) is 5.75 Å². The molecule has 0 aliphatic carbocycles. The summed E-state index contributed by atoms with van der Waals surface area (Å²) in [6, 6.07) is 2.98. The summed E-state index contributed by atoms with van der Waals surface area (Å²) in [4.78, 5) is 14.0. The summed E-state index contributed by atoms with van der Waals surface area (Å²) < 4.78 is 32.1. The van der Waals surface area contributed by atoms with Gasteiger partial charge in [0.05, 0.1) is 30.2 Å². The summed E-state index contributed by atoms with van der Waals surface area (Å²) in [5.41, 5.74) is 2.85. The summed E-state index contributed by atoms with van der Waals surface area (Å²) >= 11 is 3.27. The molecule has 0 N–H and O–H groups in total. The molecule has 0 unspecified atom stereocenters. The van der Waals surface area contributed by atoms with E-state index >= 15 is 0 Å². The van der Waals surface area contributed by atoms with Crippen molar-refractivity contribution >= 4 is 27.5 Å². The zero-order chi connectivity index (χ0) is 18.8. The van der Waals surface area contributed by atoms with Crippen LogP contribution in [0.3, 0.4) is 0 Å². The molecule has 0 bridgehead atoms. The van der Waals surface area contributed by atoms with Gasteiger partial charge in [-0.05, 0) is 19.1 Å². The predicted molar refractivity (Wildman–Crippen MR) is 95.4 cm³/mol. The van der Waals surface area contributed by atoms with Gasteiger partial charge < -0.3 is 19.1 Å². The molecule has 0 saturated carbocycles. The maximum absolute atomic E-state index is 14.2. The minimum absolute atomic E-state index is 0.0755. The lowest BCUT2D eigenvalue weighted by Crippen LogP contribution is -2.39. The fourth-order valence-electron chi connectivity index (χ4n) is 2.93. The van der Waals surface area contributed by atoms with Gasteiger partial charge in [0.15, 0.2) is 18.2 Å². The first-order valence-corrected chi connectivity index (χ1v) is 8.72.